The summed E-state index contributed by atoms with van der Waals surface area (Å²) in [5.41, 5.74) is 1.51. The fourth-order valence-electron chi connectivity index (χ4n) is 2.18. The average Bonchev–Trinajstić information content (AvgIpc) is 3.03. The number of rotatable bonds is 3. The summed E-state index contributed by atoms with van der Waals surface area (Å²) in [6, 6.07) is 7.20. The van der Waals surface area contributed by atoms with Crippen LogP contribution in [0.5, 0.6) is 0 Å². The fourth-order valence-corrected chi connectivity index (χ4v) is 2.18. The summed E-state index contributed by atoms with van der Waals surface area (Å²) in [4.78, 5) is 23.2. The molecule has 1 saturated heterocycles. The van der Waals surface area contributed by atoms with Gasteiger partial charge in [0.15, 0.2) is 0 Å². The summed E-state index contributed by atoms with van der Waals surface area (Å²) in [5.74, 6) is -0.253. The molecule has 8 heteroatoms. The maximum atomic E-state index is 12.1. The van der Waals surface area contributed by atoms with Crippen LogP contribution in [0.1, 0.15) is 12.8 Å². The molecule has 1 atom stereocenters. The molecule has 1 aromatic carbocycles. The highest BCUT2D eigenvalue weighted by Gasteiger charge is 2.24. The van der Waals surface area contributed by atoms with Gasteiger partial charge in [0, 0.05) is 18.7 Å². The van der Waals surface area contributed by atoms with E-state index in [2.05, 4.69) is 26.2 Å². The van der Waals surface area contributed by atoms with Crippen molar-refractivity contribution < 1.29 is 9.59 Å². The molecule has 1 aliphatic rings. The fraction of sp³-hybridized carbons (Fsp3) is 0.308. The summed E-state index contributed by atoms with van der Waals surface area (Å²) in [7, 11) is 0. The molecular weight excluding hydrogens is 272 g/mol. The van der Waals surface area contributed by atoms with Gasteiger partial charge in [0.05, 0.1) is 11.6 Å². The van der Waals surface area contributed by atoms with E-state index < -0.39 is 0 Å². The number of nitrogens with zero attached hydrogens (tertiary/aromatic N) is 4. The highest BCUT2D eigenvalue weighted by molar-refractivity contribution is 5.94. The third-order valence-electron chi connectivity index (χ3n) is 3.38. The molecule has 0 radical (unpaired) electrons. The monoisotopic (exact) mass is 286 g/mol. The van der Waals surface area contributed by atoms with Gasteiger partial charge in [-0.15, -0.1) is 5.10 Å². The number of carbonyl (C=O) groups is 2. The van der Waals surface area contributed by atoms with Gasteiger partial charge in [-0.3, -0.25) is 9.59 Å². The predicted molar refractivity (Wildman–Crippen MR) is 73.5 cm³/mol. The Balaban J connectivity index is 1.62. The molecule has 1 aliphatic heterocycles. The number of hydrogen-bond donors (Lipinski definition) is 2. The van der Waals surface area contributed by atoms with Crippen LogP contribution in [-0.4, -0.2) is 38.6 Å². The lowest BCUT2D eigenvalue weighted by Gasteiger charge is -2.21. The smallest absolute Gasteiger partial charge is 0.229 e. The van der Waals surface area contributed by atoms with Crippen molar-refractivity contribution in [1.82, 2.24) is 25.5 Å². The van der Waals surface area contributed by atoms with Gasteiger partial charge in [-0.25, -0.2) is 4.68 Å². The quantitative estimate of drug-likeness (QED) is 0.835. The van der Waals surface area contributed by atoms with Crippen LogP contribution in [0.3, 0.4) is 0 Å². The first-order valence-electron chi connectivity index (χ1n) is 6.63. The van der Waals surface area contributed by atoms with Crippen molar-refractivity contribution in [2.24, 2.45) is 5.92 Å². The van der Waals surface area contributed by atoms with Crippen molar-refractivity contribution in [3.8, 4) is 5.69 Å². The van der Waals surface area contributed by atoms with E-state index in [1.165, 1.54) is 11.0 Å². The zero-order chi connectivity index (χ0) is 14.7. The van der Waals surface area contributed by atoms with Crippen LogP contribution in [0.4, 0.5) is 5.69 Å². The number of nitrogens with one attached hydrogen (secondary N) is 2. The Morgan fingerprint density at radius 2 is 2.14 bits per heavy atom. The molecule has 0 saturated carbocycles. The molecule has 21 heavy (non-hydrogen) atoms. The van der Waals surface area contributed by atoms with Gasteiger partial charge >= 0.3 is 0 Å². The first-order valence-corrected chi connectivity index (χ1v) is 6.63. The van der Waals surface area contributed by atoms with Crippen molar-refractivity contribution in [3.63, 3.8) is 0 Å². The molecule has 1 fully saturated rings. The predicted octanol–water partition coefficient (Wildman–Crippen LogP) is 0.127. The Bertz CT molecular complexity index is 627. The summed E-state index contributed by atoms with van der Waals surface area (Å²) >= 11 is 0. The number of hydrogen-bond acceptors (Lipinski definition) is 5. The van der Waals surface area contributed by atoms with Gasteiger partial charge in [-0.2, -0.15) is 0 Å². The zero-order valence-corrected chi connectivity index (χ0v) is 11.2. The highest BCUT2D eigenvalue weighted by atomic mass is 16.2. The second kappa shape index (κ2) is 5.70. The first kappa shape index (κ1) is 13.2. The lowest BCUT2D eigenvalue weighted by Crippen LogP contribution is -2.40. The third kappa shape index (κ3) is 3.04. The van der Waals surface area contributed by atoms with Crippen LogP contribution in [0.15, 0.2) is 30.6 Å². The minimum Gasteiger partial charge on any atom is -0.355 e. The standard InChI is InChI=1S/C13H14N6O2/c20-12-6-1-9(7-14-12)13(21)16-10-2-4-11(5-3-10)19-8-15-17-18-19/h2-5,8-9H,1,6-7H2,(H,14,20)(H,16,21). The van der Waals surface area contributed by atoms with E-state index in [1.807, 2.05) is 12.1 Å². The Morgan fingerprint density at radius 3 is 2.76 bits per heavy atom. The molecule has 2 heterocycles. The summed E-state index contributed by atoms with van der Waals surface area (Å²) in [6.07, 6.45) is 2.48. The largest absolute Gasteiger partial charge is 0.355 e. The molecule has 8 nitrogen and oxygen atoms in total. The normalized spacial score (nSPS) is 18.1. The molecule has 3 rings (SSSR count). The van der Waals surface area contributed by atoms with Crippen LogP contribution in [0.25, 0.3) is 5.69 Å². The Hall–Kier alpha value is -2.77. The van der Waals surface area contributed by atoms with Crippen LogP contribution in [0, 0.1) is 5.92 Å². The van der Waals surface area contributed by atoms with Crippen LogP contribution < -0.4 is 10.6 Å². The molecule has 108 valence electrons. The molecular formula is C13H14N6O2. The van der Waals surface area contributed by atoms with E-state index in [-0.39, 0.29) is 17.7 Å². The minimum absolute atomic E-state index is 0.00449. The molecule has 1 aromatic heterocycles. The Labute approximate surface area is 120 Å². The molecule has 0 spiro atoms. The van der Waals surface area contributed by atoms with Crippen LogP contribution >= 0.6 is 0 Å². The molecule has 2 N–H and O–H groups in total. The number of tetrazole rings is 1. The van der Waals surface area contributed by atoms with Crippen molar-refractivity contribution in [2.45, 2.75) is 12.8 Å². The topological polar surface area (TPSA) is 102 Å². The number of anilines is 1. The Morgan fingerprint density at radius 1 is 1.33 bits per heavy atom. The van der Waals surface area contributed by atoms with Gasteiger partial charge < -0.3 is 10.6 Å². The van der Waals surface area contributed by atoms with Crippen LogP contribution in [0.2, 0.25) is 0 Å². The second-order valence-corrected chi connectivity index (χ2v) is 4.83. The SMILES string of the molecule is O=C1CCC(C(=O)Nc2ccc(-n3cnnn3)cc2)CN1. The number of piperidine rings is 1. The van der Waals surface area contributed by atoms with Crippen molar-refractivity contribution >= 4 is 17.5 Å². The maximum absolute atomic E-state index is 12.1. The maximum Gasteiger partial charge on any atom is 0.229 e. The van der Waals surface area contributed by atoms with Crippen molar-refractivity contribution in [2.75, 3.05) is 11.9 Å². The van der Waals surface area contributed by atoms with E-state index >= 15 is 0 Å². The van der Waals surface area contributed by atoms with Crippen molar-refractivity contribution in [3.05, 3.63) is 30.6 Å². The van der Waals surface area contributed by atoms with E-state index in [1.54, 1.807) is 12.1 Å². The van der Waals surface area contributed by atoms with E-state index in [0.29, 0.717) is 25.1 Å². The van der Waals surface area contributed by atoms with Crippen molar-refractivity contribution in [1.29, 1.82) is 0 Å². The number of aromatic nitrogens is 4. The van der Waals surface area contributed by atoms with Gasteiger partial charge in [0.1, 0.15) is 6.33 Å². The van der Waals surface area contributed by atoms with E-state index in [0.717, 1.165) is 5.69 Å². The lowest BCUT2D eigenvalue weighted by molar-refractivity contribution is -0.126. The molecule has 2 aromatic rings. The van der Waals surface area contributed by atoms with Gasteiger partial charge in [0.2, 0.25) is 11.8 Å². The Kier molecular flexibility index (Phi) is 3.59. The average molecular weight is 286 g/mol. The summed E-state index contributed by atoms with van der Waals surface area (Å²) in [6.45, 7) is 0.396. The molecule has 0 aliphatic carbocycles. The van der Waals surface area contributed by atoms with Gasteiger partial charge in [-0.05, 0) is 41.1 Å². The number of benzene rings is 1. The number of carbonyl (C=O) groups excluding carboxylic acids is 2. The molecule has 1 unspecified atom stereocenters. The molecule has 0 bridgehead atoms. The molecule has 2 amide bonds. The third-order valence-corrected chi connectivity index (χ3v) is 3.38. The summed E-state index contributed by atoms with van der Waals surface area (Å²) in [5, 5.41) is 16.5. The summed E-state index contributed by atoms with van der Waals surface area (Å²) < 4.78 is 1.53. The second-order valence-electron chi connectivity index (χ2n) is 4.83. The zero-order valence-electron chi connectivity index (χ0n) is 11.2. The van der Waals surface area contributed by atoms with Gasteiger partial charge in [0.25, 0.3) is 0 Å². The van der Waals surface area contributed by atoms with E-state index in [9.17, 15) is 9.59 Å². The van der Waals surface area contributed by atoms with Crippen LogP contribution in [-0.2, 0) is 9.59 Å². The highest BCUT2D eigenvalue weighted by Crippen LogP contribution is 2.16. The van der Waals surface area contributed by atoms with E-state index in [4.69, 9.17) is 0 Å². The first-order chi connectivity index (χ1) is 10.2. The minimum atomic E-state index is -0.179. The van der Waals surface area contributed by atoms with Gasteiger partial charge in [-0.1, -0.05) is 0 Å². The number of amides is 2. The lowest BCUT2D eigenvalue weighted by atomic mass is 9.98.